The third-order valence-corrected chi connectivity index (χ3v) is 6.74. The molecule has 8 heteroatoms. The Morgan fingerprint density at radius 1 is 1.12 bits per heavy atom. The minimum atomic E-state index is -0.231. The monoisotopic (exact) mass is 471 g/mol. The minimum Gasteiger partial charge on any atom is -0.490 e. The van der Waals surface area contributed by atoms with Crippen LogP contribution in [-0.4, -0.2) is 48.6 Å². The van der Waals surface area contributed by atoms with Crippen LogP contribution in [0.25, 0.3) is 21.2 Å². The van der Waals surface area contributed by atoms with E-state index in [0.717, 1.165) is 29.7 Å². The molecule has 0 aliphatic heterocycles. The molecule has 0 bridgehead atoms. The van der Waals surface area contributed by atoms with Gasteiger partial charge in [0.25, 0.3) is 5.91 Å². The molecule has 6 nitrogen and oxygen atoms in total. The Hall–Kier alpha value is -2.61. The van der Waals surface area contributed by atoms with Gasteiger partial charge in [-0.05, 0) is 44.3 Å². The van der Waals surface area contributed by atoms with Crippen LogP contribution in [0, 0.1) is 0 Å². The average molecular weight is 472 g/mol. The van der Waals surface area contributed by atoms with Crippen molar-refractivity contribution in [2.75, 3.05) is 37.7 Å². The maximum Gasteiger partial charge on any atom is 0.295 e. The van der Waals surface area contributed by atoms with E-state index in [1.54, 1.807) is 11.0 Å². The number of hydrogen-bond acceptors (Lipinski definition) is 6. The van der Waals surface area contributed by atoms with Crippen molar-refractivity contribution >= 4 is 55.2 Å². The second-order valence-corrected chi connectivity index (χ2v) is 8.70. The third-order valence-electron chi connectivity index (χ3n) is 5.39. The van der Waals surface area contributed by atoms with Crippen molar-refractivity contribution in [1.82, 2.24) is 9.88 Å². The number of rotatable bonds is 9. The van der Waals surface area contributed by atoms with E-state index in [4.69, 9.17) is 25.7 Å². The molecule has 32 heavy (non-hydrogen) atoms. The molecule has 4 aromatic rings. The van der Waals surface area contributed by atoms with E-state index in [9.17, 15) is 4.79 Å². The number of ether oxygens (including phenoxy) is 1. The zero-order valence-corrected chi connectivity index (χ0v) is 20.0. The predicted molar refractivity (Wildman–Crippen MR) is 131 cm³/mol. The Balaban J connectivity index is 1.73. The summed E-state index contributed by atoms with van der Waals surface area (Å²) in [6, 6.07) is 13.1. The summed E-state index contributed by atoms with van der Waals surface area (Å²) >= 11 is 7.80. The standard InChI is InChI=1S/C24H26ClN3O3S/c1-4-27(5-2)13-14-28(24-26-21-17(25)10-8-12-20(21)32-24)23(29)19-15-16-9-7-11-18(30-6-3)22(16)31-19/h7-12,15H,4-6,13-14H2,1-3H3. The summed E-state index contributed by atoms with van der Waals surface area (Å²) in [5, 5.41) is 2.01. The van der Waals surface area contributed by atoms with Crippen LogP contribution in [-0.2, 0) is 0 Å². The Morgan fingerprint density at radius 2 is 1.91 bits per heavy atom. The van der Waals surface area contributed by atoms with Crippen molar-refractivity contribution in [3.63, 3.8) is 0 Å². The van der Waals surface area contributed by atoms with Gasteiger partial charge >= 0.3 is 0 Å². The van der Waals surface area contributed by atoms with Gasteiger partial charge in [0, 0.05) is 18.5 Å². The molecule has 0 aliphatic rings. The number of carbonyl (C=O) groups excluding carboxylic acids is 1. The van der Waals surface area contributed by atoms with E-state index in [1.165, 1.54) is 11.3 Å². The number of fused-ring (bicyclic) bond motifs is 2. The normalized spacial score (nSPS) is 11.5. The van der Waals surface area contributed by atoms with Gasteiger partial charge in [-0.2, -0.15) is 0 Å². The van der Waals surface area contributed by atoms with Crippen LogP contribution in [0.1, 0.15) is 31.3 Å². The van der Waals surface area contributed by atoms with Crippen molar-refractivity contribution in [2.24, 2.45) is 0 Å². The van der Waals surface area contributed by atoms with Crippen LogP contribution < -0.4 is 9.64 Å². The van der Waals surface area contributed by atoms with Crippen molar-refractivity contribution in [2.45, 2.75) is 20.8 Å². The molecule has 0 radical (unpaired) electrons. The molecular formula is C24H26ClN3O3S. The van der Waals surface area contributed by atoms with Crippen LogP contribution >= 0.6 is 22.9 Å². The van der Waals surface area contributed by atoms with Gasteiger partial charge in [0.1, 0.15) is 5.52 Å². The lowest BCUT2D eigenvalue weighted by Crippen LogP contribution is -2.38. The van der Waals surface area contributed by atoms with Gasteiger partial charge in [-0.25, -0.2) is 4.98 Å². The SMILES string of the molecule is CCOc1cccc2cc(C(=O)N(CCN(CC)CC)c3nc4c(Cl)cccc4s3)oc12. The summed E-state index contributed by atoms with van der Waals surface area (Å²) in [5.74, 6) is 0.661. The highest BCUT2D eigenvalue weighted by atomic mass is 35.5. The van der Waals surface area contributed by atoms with E-state index in [2.05, 4.69) is 18.7 Å². The smallest absolute Gasteiger partial charge is 0.295 e. The number of furan rings is 1. The van der Waals surface area contributed by atoms with Gasteiger partial charge in [-0.1, -0.05) is 55.0 Å². The summed E-state index contributed by atoms with van der Waals surface area (Å²) in [4.78, 5) is 22.3. The summed E-state index contributed by atoms with van der Waals surface area (Å²) in [6.45, 7) is 9.70. The molecule has 0 atom stereocenters. The number of anilines is 1. The highest BCUT2D eigenvalue weighted by Gasteiger charge is 2.26. The van der Waals surface area contributed by atoms with Gasteiger partial charge in [-0.3, -0.25) is 9.69 Å². The summed E-state index contributed by atoms with van der Waals surface area (Å²) in [6.07, 6.45) is 0. The number of halogens is 1. The third kappa shape index (κ3) is 4.46. The number of benzene rings is 2. The van der Waals surface area contributed by atoms with Gasteiger partial charge in [0.2, 0.25) is 0 Å². The largest absolute Gasteiger partial charge is 0.490 e. The molecule has 168 valence electrons. The van der Waals surface area contributed by atoms with E-state index in [-0.39, 0.29) is 11.7 Å². The van der Waals surface area contributed by atoms with Gasteiger partial charge in [0.15, 0.2) is 22.2 Å². The van der Waals surface area contributed by atoms with Gasteiger partial charge < -0.3 is 14.1 Å². The van der Waals surface area contributed by atoms with Crippen molar-refractivity contribution in [3.05, 3.63) is 53.2 Å². The molecular weight excluding hydrogens is 446 g/mol. The fourth-order valence-corrected chi connectivity index (χ4v) is 4.92. The molecule has 2 aromatic carbocycles. The number of thiazole rings is 1. The van der Waals surface area contributed by atoms with Crippen LogP contribution in [0.4, 0.5) is 5.13 Å². The maximum absolute atomic E-state index is 13.6. The molecule has 4 rings (SSSR count). The molecule has 2 aromatic heterocycles. The first-order chi connectivity index (χ1) is 15.5. The summed E-state index contributed by atoms with van der Waals surface area (Å²) in [5.41, 5.74) is 1.28. The van der Waals surface area contributed by atoms with E-state index in [1.807, 2.05) is 43.3 Å². The van der Waals surface area contributed by atoms with Crippen LogP contribution in [0.15, 0.2) is 46.9 Å². The highest BCUT2D eigenvalue weighted by Crippen LogP contribution is 2.35. The highest BCUT2D eigenvalue weighted by molar-refractivity contribution is 7.22. The number of amides is 1. The molecule has 2 heterocycles. The molecule has 1 amide bonds. The Labute approximate surface area is 196 Å². The zero-order chi connectivity index (χ0) is 22.7. The molecule has 0 saturated carbocycles. The maximum atomic E-state index is 13.6. The lowest BCUT2D eigenvalue weighted by Gasteiger charge is -2.24. The second kappa shape index (κ2) is 9.90. The second-order valence-electron chi connectivity index (χ2n) is 7.28. The molecule has 0 fully saturated rings. The fraction of sp³-hybridized carbons (Fsp3) is 0.333. The first kappa shape index (κ1) is 22.6. The molecule has 0 unspecified atom stereocenters. The lowest BCUT2D eigenvalue weighted by atomic mass is 10.2. The first-order valence-corrected chi connectivity index (χ1v) is 12.0. The summed E-state index contributed by atoms with van der Waals surface area (Å²) < 4.78 is 12.6. The van der Waals surface area contributed by atoms with Crippen molar-refractivity contribution in [1.29, 1.82) is 0 Å². The van der Waals surface area contributed by atoms with Crippen LogP contribution in [0.2, 0.25) is 5.02 Å². The van der Waals surface area contributed by atoms with E-state index in [0.29, 0.717) is 40.2 Å². The molecule has 0 N–H and O–H groups in total. The zero-order valence-electron chi connectivity index (χ0n) is 18.4. The minimum absolute atomic E-state index is 0.231. The number of para-hydroxylation sites is 2. The number of nitrogens with zero attached hydrogens (tertiary/aromatic N) is 3. The quantitative estimate of drug-likeness (QED) is 0.296. The van der Waals surface area contributed by atoms with Gasteiger partial charge in [-0.15, -0.1) is 0 Å². The van der Waals surface area contributed by atoms with Crippen LogP contribution in [0.3, 0.4) is 0 Å². The fourth-order valence-electron chi connectivity index (χ4n) is 3.63. The van der Waals surface area contributed by atoms with Crippen molar-refractivity contribution in [3.8, 4) is 5.75 Å². The predicted octanol–water partition coefficient (Wildman–Crippen LogP) is 6.08. The van der Waals surface area contributed by atoms with Crippen molar-refractivity contribution < 1.29 is 13.9 Å². The average Bonchev–Trinajstić information content (AvgIpc) is 3.42. The Morgan fingerprint density at radius 3 is 2.62 bits per heavy atom. The van der Waals surface area contributed by atoms with Crippen LogP contribution in [0.5, 0.6) is 5.75 Å². The van der Waals surface area contributed by atoms with Gasteiger partial charge in [0.05, 0.1) is 16.3 Å². The summed E-state index contributed by atoms with van der Waals surface area (Å²) in [7, 11) is 0. The molecule has 0 aliphatic carbocycles. The number of aromatic nitrogens is 1. The topological polar surface area (TPSA) is 58.8 Å². The molecule has 0 spiro atoms. The lowest BCUT2D eigenvalue weighted by molar-refractivity contribution is 0.0959. The number of hydrogen-bond donors (Lipinski definition) is 0. The van der Waals surface area contributed by atoms with E-state index < -0.39 is 0 Å². The Kier molecular flexibility index (Phi) is 6.98. The number of carbonyl (C=O) groups is 1. The first-order valence-electron chi connectivity index (χ1n) is 10.8. The Bertz CT molecular complexity index is 1230. The molecule has 0 saturated heterocycles. The number of likely N-dealkylation sites (N-methyl/N-ethyl adjacent to an activating group) is 1. The van der Waals surface area contributed by atoms with E-state index >= 15 is 0 Å².